The first-order chi connectivity index (χ1) is 25.3. The third kappa shape index (κ3) is 4.50. The third-order valence-electron chi connectivity index (χ3n) is 10.5. The van der Waals surface area contributed by atoms with Crippen molar-refractivity contribution >= 4 is 17.1 Å². The van der Waals surface area contributed by atoms with E-state index < -0.39 is 5.41 Å². The summed E-state index contributed by atoms with van der Waals surface area (Å²) >= 11 is 0. The molecule has 2 heteroatoms. The maximum absolute atomic E-state index is 6.72. The van der Waals surface area contributed by atoms with Gasteiger partial charge in [0.15, 0.2) is 0 Å². The van der Waals surface area contributed by atoms with Gasteiger partial charge in [0.1, 0.15) is 11.5 Å². The van der Waals surface area contributed by atoms with E-state index in [0.29, 0.717) is 0 Å². The van der Waals surface area contributed by atoms with Crippen LogP contribution < -0.4 is 9.64 Å². The fourth-order valence-electron chi connectivity index (χ4n) is 8.38. The smallest absolute Gasteiger partial charge is 0.132 e. The van der Waals surface area contributed by atoms with Crippen LogP contribution in [0.25, 0.3) is 33.4 Å². The minimum Gasteiger partial charge on any atom is -0.457 e. The highest BCUT2D eigenvalue weighted by atomic mass is 16.5. The Balaban J connectivity index is 1.20. The highest BCUT2D eigenvalue weighted by Gasteiger charge is 2.51. The number of para-hydroxylation sites is 3. The number of fused-ring (bicyclic) bond motifs is 9. The first kappa shape index (κ1) is 29.3. The predicted octanol–water partition coefficient (Wildman–Crippen LogP) is 13.0. The largest absolute Gasteiger partial charge is 0.457 e. The van der Waals surface area contributed by atoms with Gasteiger partial charge >= 0.3 is 0 Å². The van der Waals surface area contributed by atoms with Crippen LogP contribution in [0.4, 0.5) is 17.1 Å². The Morgan fingerprint density at radius 1 is 0.333 bits per heavy atom. The number of ether oxygens (including phenoxy) is 1. The van der Waals surface area contributed by atoms with Gasteiger partial charge in [-0.25, -0.2) is 0 Å². The van der Waals surface area contributed by atoms with Gasteiger partial charge in [0.05, 0.1) is 11.1 Å². The normalized spacial score (nSPS) is 13.0. The van der Waals surface area contributed by atoms with E-state index in [1.54, 1.807) is 0 Å². The summed E-state index contributed by atoms with van der Waals surface area (Å²) in [4.78, 5) is 2.35. The number of benzene rings is 8. The molecule has 0 bridgehead atoms. The zero-order valence-corrected chi connectivity index (χ0v) is 27.9. The predicted molar refractivity (Wildman–Crippen MR) is 209 cm³/mol. The summed E-state index contributed by atoms with van der Waals surface area (Å²) in [5, 5.41) is 0. The molecule has 2 nitrogen and oxygen atoms in total. The zero-order chi connectivity index (χ0) is 33.8. The van der Waals surface area contributed by atoms with Crippen molar-refractivity contribution in [2.24, 2.45) is 0 Å². The van der Waals surface area contributed by atoms with E-state index in [4.69, 9.17) is 4.74 Å². The van der Waals surface area contributed by atoms with Crippen LogP contribution in [0.15, 0.2) is 200 Å². The molecule has 1 aliphatic carbocycles. The second-order valence-electron chi connectivity index (χ2n) is 13.3. The average Bonchev–Trinajstić information content (AvgIpc) is 3.50. The summed E-state index contributed by atoms with van der Waals surface area (Å²) in [7, 11) is 0. The van der Waals surface area contributed by atoms with Crippen LogP contribution in [0.5, 0.6) is 11.5 Å². The van der Waals surface area contributed by atoms with Gasteiger partial charge in [-0.2, -0.15) is 0 Å². The van der Waals surface area contributed by atoms with Crippen molar-refractivity contribution in [3.63, 3.8) is 0 Å². The second-order valence-corrected chi connectivity index (χ2v) is 13.3. The molecule has 10 rings (SSSR count). The standard InChI is InChI=1S/C49H33NO/c1-4-16-34(17-5-1)41-32-35(28-30-46(41)50(37-18-6-2-7-19-37)38-20-8-3-9-21-38)36-29-31-48-45(33-36)49(44-26-14-15-27-47(44)51-48)42-24-12-10-22-39(42)40-23-11-13-25-43(40)49/h1-33H. The minimum absolute atomic E-state index is 0.507. The van der Waals surface area contributed by atoms with Crippen LogP contribution in [-0.2, 0) is 5.41 Å². The molecule has 8 aromatic carbocycles. The molecule has 0 N–H and O–H groups in total. The molecule has 0 atom stereocenters. The molecular formula is C49H33NO. The molecule has 1 spiro atoms. The van der Waals surface area contributed by atoms with E-state index in [1.165, 1.54) is 27.8 Å². The highest BCUT2D eigenvalue weighted by molar-refractivity contribution is 5.92. The van der Waals surface area contributed by atoms with Gasteiger partial charge in [-0.05, 0) is 93.5 Å². The van der Waals surface area contributed by atoms with Gasteiger partial charge in [0, 0.05) is 28.1 Å². The van der Waals surface area contributed by atoms with Crippen molar-refractivity contribution < 1.29 is 4.74 Å². The summed E-state index contributed by atoms with van der Waals surface area (Å²) in [6.07, 6.45) is 0. The topological polar surface area (TPSA) is 12.5 Å². The fourth-order valence-corrected chi connectivity index (χ4v) is 8.38. The Hall–Kier alpha value is -6.64. The highest BCUT2D eigenvalue weighted by Crippen LogP contribution is 2.62. The number of nitrogens with zero attached hydrogens (tertiary/aromatic N) is 1. The number of hydrogen-bond acceptors (Lipinski definition) is 2. The van der Waals surface area contributed by atoms with E-state index in [-0.39, 0.29) is 0 Å². The van der Waals surface area contributed by atoms with E-state index in [2.05, 4.69) is 205 Å². The lowest BCUT2D eigenvalue weighted by Gasteiger charge is -2.39. The molecule has 2 aliphatic rings. The molecule has 51 heavy (non-hydrogen) atoms. The van der Waals surface area contributed by atoms with Crippen molar-refractivity contribution in [2.75, 3.05) is 4.90 Å². The first-order valence-corrected chi connectivity index (χ1v) is 17.5. The van der Waals surface area contributed by atoms with Crippen molar-refractivity contribution in [3.8, 4) is 44.9 Å². The summed E-state index contributed by atoms with van der Waals surface area (Å²) < 4.78 is 6.72. The quantitative estimate of drug-likeness (QED) is 0.184. The summed E-state index contributed by atoms with van der Waals surface area (Å²) in [6, 6.07) is 72.0. The Bertz CT molecular complexity index is 2470. The monoisotopic (exact) mass is 651 g/mol. The average molecular weight is 652 g/mol. The van der Waals surface area contributed by atoms with Gasteiger partial charge in [0.2, 0.25) is 0 Å². The van der Waals surface area contributed by atoms with Crippen molar-refractivity contribution in [1.29, 1.82) is 0 Å². The molecule has 1 heterocycles. The van der Waals surface area contributed by atoms with Crippen LogP contribution in [0, 0.1) is 0 Å². The molecular weight excluding hydrogens is 619 g/mol. The van der Waals surface area contributed by atoms with Crippen LogP contribution in [0.3, 0.4) is 0 Å². The molecule has 240 valence electrons. The molecule has 0 fully saturated rings. The molecule has 1 aliphatic heterocycles. The Morgan fingerprint density at radius 3 is 1.47 bits per heavy atom. The van der Waals surface area contributed by atoms with Crippen molar-refractivity contribution in [3.05, 3.63) is 222 Å². The van der Waals surface area contributed by atoms with Gasteiger partial charge in [0.25, 0.3) is 0 Å². The van der Waals surface area contributed by atoms with Crippen LogP contribution in [0.1, 0.15) is 22.3 Å². The number of hydrogen-bond donors (Lipinski definition) is 0. The Kier molecular flexibility index (Phi) is 6.75. The fraction of sp³-hybridized carbons (Fsp3) is 0.0204. The molecule has 0 amide bonds. The molecule has 0 saturated heterocycles. The molecule has 0 unspecified atom stereocenters. The second kappa shape index (κ2) is 11.8. The van der Waals surface area contributed by atoms with E-state index >= 15 is 0 Å². The lowest BCUT2D eigenvalue weighted by Crippen LogP contribution is -2.32. The lowest BCUT2D eigenvalue weighted by molar-refractivity contribution is 0.436. The van der Waals surface area contributed by atoms with Gasteiger partial charge in [-0.3, -0.25) is 0 Å². The number of rotatable bonds is 5. The molecule has 0 aromatic heterocycles. The SMILES string of the molecule is c1ccc(-c2cc(-c3ccc4c(c3)C3(c5ccccc5O4)c4ccccc4-c4ccccc43)ccc2N(c2ccccc2)c2ccccc2)cc1. The zero-order valence-electron chi connectivity index (χ0n) is 27.9. The summed E-state index contributed by atoms with van der Waals surface area (Å²) in [5.41, 5.74) is 14.9. The lowest BCUT2D eigenvalue weighted by atomic mass is 9.66. The van der Waals surface area contributed by atoms with Crippen LogP contribution in [0.2, 0.25) is 0 Å². The molecule has 0 saturated carbocycles. The van der Waals surface area contributed by atoms with Crippen LogP contribution in [-0.4, -0.2) is 0 Å². The maximum atomic E-state index is 6.72. The van der Waals surface area contributed by atoms with Gasteiger partial charge in [-0.1, -0.05) is 146 Å². The van der Waals surface area contributed by atoms with E-state index in [1.807, 2.05) is 0 Å². The molecule has 0 radical (unpaired) electrons. The number of anilines is 3. The van der Waals surface area contributed by atoms with Gasteiger partial charge < -0.3 is 9.64 Å². The molecule has 8 aromatic rings. The van der Waals surface area contributed by atoms with Gasteiger partial charge in [-0.15, -0.1) is 0 Å². The van der Waals surface area contributed by atoms with E-state index in [9.17, 15) is 0 Å². The Morgan fingerprint density at radius 2 is 0.824 bits per heavy atom. The van der Waals surface area contributed by atoms with Crippen molar-refractivity contribution in [2.45, 2.75) is 5.41 Å². The Labute approximate surface area is 298 Å². The van der Waals surface area contributed by atoms with Crippen molar-refractivity contribution in [1.82, 2.24) is 0 Å². The minimum atomic E-state index is -0.507. The first-order valence-electron chi connectivity index (χ1n) is 17.5. The third-order valence-corrected chi connectivity index (χ3v) is 10.5. The summed E-state index contributed by atoms with van der Waals surface area (Å²) in [5.74, 6) is 1.80. The summed E-state index contributed by atoms with van der Waals surface area (Å²) in [6.45, 7) is 0. The maximum Gasteiger partial charge on any atom is 0.132 e. The van der Waals surface area contributed by atoms with Crippen LogP contribution >= 0.6 is 0 Å². The van der Waals surface area contributed by atoms with E-state index in [0.717, 1.165) is 56.4 Å².